The van der Waals surface area contributed by atoms with Crippen molar-refractivity contribution >= 4 is 0 Å². The fraction of sp³-hybridized carbons (Fsp3) is 1.00. The number of hydrogen-bond donors (Lipinski definition) is 6. The molecule has 0 aromatic rings. The van der Waals surface area contributed by atoms with Crippen molar-refractivity contribution < 1.29 is 80.3 Å². The molecule has 0 aliphatic heterocycles. The van der Waals surface area contributed by atoms with Crippen molar-refractivity contribution in [1.29, 1.82) is 0 Å². The van der Waals surface area contributed by atoms with E-state index in [1.54, 1.807) is 0 Å². The lowest BCUT2D eigenvalue weighted by Crippen LogP contribution is -2.83. The van der Waals surface area contributed by atoms with Crippen LogP contribution in [0.1, 0.15) is 0 Å². The third-order valence-electron chi connectivity index (χ3n) is 3.02. The van der Waals surface area contributed by atoms with E-state index in [1.165, 1.54) is 0 Å². The van der Waals surface area contributed by atoms with E-state index in [2.05, 4.69) is 24.2 Å². The highest BCUT2D eigenvalue weighted by atomic mass is 17.1. The molecule has 0 aliphatic carbocycles. The summed E-state index contributed by atoms with van der Waals surface area (Å²) in [6.45, 7) is -2.08. The van der Waals surface area contributed by atoms with E-state index in [1.807, 2.05) is 0 Å². The van der Waals surface area contributed by atoms with Crippen LogP contribution in [0.4, 0.5) is 0 Å². The van der Waals surface area contributed by atoms with Gasteiger partial charge in [0.25, 0.3) is 25.4 Å². The molecule has 0 aliphatic rings. The molecule has 26 heteroatoms. The Labute approximate surface area is 168 Å². The summed E-state index contributed by atoms with van der Waals surface area (Å²) < 4.78 is 0. The zero-order chi connectivity index (χ0) is 25.7. The van der Waals surface area contributed by atoms with E-state index in [-0.39, 0.29) is 0 Å². The molecular formula is C6H9N5O21. The Bertz CT molecular complexity index is 756. The minimum absolute atomic E-state index is 2.08. The highest BCUT2D eigenvalue weighted by Gasteiger charge is 2.83. The zero-order valence-corrected chi connectivity index (χ0v) is 14.3. The summed E-state index contributed by atoms with van der Waals surface area (Å²) in [5.74, 6) is -22.1. The molecule has 0 radical (unpaired) electrons. The molecule has 0 heterocycles. The van der Waals surface area contributed by atoms with E-state index in [0.717, 1.165) is 0 Å². The van der Waals surface area contributed by atoms with Crippen LogP contribution in [-0.2, 0) is 24.2 Å². The van der Waals surface area contributed by atoms with Crippen LogP contribution in [0.15, 0.2) is 0 Å². The summed E-state index contributed by atoms with van der Waals surface area (Å²) in [7, 11) is 0. The van der Waals surface area contributed by atoms with Crippen LogP contribution >= 0.6 is 0 Å². The van der Waals surface area contributed by atoms with Gasteiger partial charge >= 0.3 is 23.3 Å². The predicted molar refractivity (Wildman–Crippen MR) is 73.3 cm³/mol. The van der Waals surface area contributed by atoms with Gasteiger partial charge in [-0.15, -0.1) is 50.6 Å². The molecule has 0 saturated carbocycles. The molecule has 6 N–H and O–H groups in total. The van der Waals surface area contributed by atoms with Crippen LogP contribution in [0.3, 0.4) is 0 Å². The van der Waals surface area contributed by atoms with Gasteiger partial charge in [-0.2, -0.15) is 0 Å². The largest absolute Gasteiger partial charge is 0.423 e. The average molecular weight is 487 g/mol. The normalized spacial score (nSPS) is 17.8. The first kappa shape index (κ1) is 27.8. The van der Waals surface area contributed by atoms with E-state index >= 15 is 0 Å². The van der Waals surface area contributed by atoms with E-state index in [9.17, 15) is 76.1 Å². The second-order valence-corrected chi connectivity index (χ2v) is 4.84. The molecule has 0 aromatic heterocycles. The third kappa shape index (κ3) is 5.08. The van der Waals surface area contributed by atoms with Gasteiger partial charge in [0, 0.05) is 0 Å². The Hall–Kier alpha value is -4.24. The van der Waals surface area contributed by atoms with Crippen LogP contribution in [-0.4, -0.2) is 92.1 Å². The van der Waals surface area contributed by atoms with E-state index in [4.69, 9.17) is 5.11 Å². The molecular weight excluding hydrogens is 478 g/mol. The maximum absolute atomic E-state index is 10.7. The van der Waals surface area contributed by atoms with Crippen LogP contribution in [0.25, 0.3) is 0 Å². The van der Waals surface area contributed by atoms with Crippen LogP contribution in [0, 0.1) is 50.6 Å². The molecule has 0 aromatic carbocycles. The van der Waals surface area contributed by atoms with Gasteiger partial charge < -0.3 is 30.6 Å². The summed E-state index contributed by atoms with van der Waals surface area (Å²) in [5.41, 5.74) is 0. The second-order valence-electron chi connectivity index (χ2n) is 4.84. The Morgan fingerprint density at radius 1 is 0.625 bits per heavy atom. The van der Waals surface area contributed by atoms with Crippen molar-refractivity contribution in [2.24, 2.45) is 0 Å². The molecule has 0 bridgehead atoms. The molecule has 32 heavy (non-hydrogen) atoms. The Balaban J connectivity index is 7.55. The minimum atomic E-state index is -5.75. The van der Waals surface area contributed by atoms with Gasteiger partial charge in [-0.1, -0.05) is 0 Å². The fourth-order valence-electron chi connectivity index (χ4n) is 1.85. The molecule has 0 amide bonds. The topological polar surface area (TPSA) is 383 Å². The van der Waals surface area contributed by atoms with Crippen molar-refractivity contribution in [3.63, 3.8) is 0 Å². The molecule has 0 spiro atoms. The van der Waals surface area contributed by atoms with Crippen molar-refractivity contribution in [3.8, 4) is 0 Å². The number of hydrogen-bond acceptors (Lipinski definition) is 21. The Kier molecular flexibility index (Phi) is 8.04. The summed E-state index contributed by atoms with van der Waals surface area (Å²) in [6, 6.07) is 0. The van der Waals surface area contributed by atoms with Crippen LogP contribution in [0.5, 0.6) is 0 Å². The van der Waals surface area contributed by atoms with Gasteiger partial charge in [-0.05, 0) is 0 Å². The summed E-state index contributed by atoms with van der Waals surface area (Å²) in [6.07, 6.45) is -3.53. The lowest BCUT2D eigenvalue weighted by atomic mass is 9.90. The quantitative estimate of drug-likeness (QED) is 0.0710. The molecule has 4 atom stereocenters. The highest BCUT2D eigenvalue weighted by molar-refractivity contribution is 5.03. The van der Waals surface area contributed by atoms with Crippen molar-refractivity contribution in [2.75, 3.05) is 6.61 Å². The number of aliphatic hydroxyl groups excluding tert-OH is 2. The SMILES string of the molecule is O=[N+]([O-])OC(O)(O[N+](=O)[O-])[C@](O)(O[N+](=O)[O-])[C@](O)(O[N+](=O)[O-])[C@](O)(O[N+](=O)[O-])[C@H](O)CO. The smallest absolute Gasteiger partial charge is 0.393 e. The van der Waals surface area contributed by atoms with Crippen molar-refractivity contribution in [1.82, 2.24) is 0 Å². The van der Waals surface area contributed by atoms with E-state index in [0.29, 0.717) is 0 Å². The van der Waals surface area contributed by atoms with Gasteiger partial charge in [-0.25, -0.2) is 9.68 Å². The zero-order valence-electron chi connectivity index (χ0n) is 14.3. The molecule has 26 nitrogen and oxygen atoms in total. The maximum Gasteiger partial charge on any atom is 0.423 e. The monoisotopic (exact) mass is 487 g/mol. The van der Waals surface area contributed by atoms with E-state index < -0.39 is 61.5 Å². The third-order valence-corrected chi connectivity index (χ3v) is 3.02. The highest BCUT2D eigenvalue weighted by Crippen LogP contribution is 2.45. The van der Waals surface area contributed by atoms with Crippen LogP contribution in [0.2, 0.25) is 0 Å². The van der Waals surface area contributed by atoms with Crippen molar-refractivity contribution in [3.05, 3.63) is 50.6 Å². The van der Waals surface area contributed by atoms with Gasteiger partial charge in [0.2, 0.25) is 0 Å². The first-order valence-corrected chi connectivity index (χ1v) is 6.68. The second kappa shape index (κ2) is 9.27. The predicted octanol–water partition coefficient (Wildman–Crippen LogP) is -5.91. The molecule has 184 valence electrons. The number of nitrogens with zero attached hydrogens (tertiary/aromatic N) is 5. The van der Waals surface area contributed by atoms with Gasteiger partial charge in [0.1, 0.15) is 6.10 Å². The standard InChI is InChI=1S/C6H9N5O21/c12-1-2(13)3(14,28-7(18)19)4(15,29-8(20)21)5(16,30-9(22)23)6(17,31-10(24)25)32-11(26)27/h2,12-17H,1H2/t2-,3-,4-,5-/m1/s1. The summed E-state index contributed by atoms with van der Waals surface area (Å²) in [5, 5.41) is 100. The number of aliphatic hydroxyl groups is 6. The van der Waals surface area contributed by atoms with Gasteiger partial charge in [-0.3, -0.25) is 14.5 Å². The molecule has 0 unspecified atom stereocenters. The number of rotatable bonds is 15. The lowest BCUT2D eigenvalue weighted by Gasteiger charge is -2.49. The lowest BCUT2D eigenvalue weighted by molar-refractivity contribution is -0.947. The van der Waals surface area contributed by atoms with Crippen LogP contribution < -0.4 is 0 Å². The van der Waals surface area contributed by atoms with Crippen molar-refractivity contribution in [2.45, 2.75) is 29.4 Å². The maximum atomic E-state index is 10.7. The minimum Gasteiger partial charge on any atom is -0.393 e. The van der Waals surface area contributed by atoms with Gasteiger partial charge in [0.15, 0.2) is 0 Å². The Morgan fingerprint density at radius 3 is 1.22 bits per heavy atom. The molecule has 0 saturated heterocycles. The molecule has 0 rings (SSSR count). The first-order chi connectivity index (χ1) is 14.3. The average Bonchev–Trinajstić information content (AvgIpc) is 2.56. The summed E-state index contributed by atoms with van der Waals surface area (Å²) >= 11 is 0. The van der Waals surface area contributed by atoms with Gasteiger partial charge in [0.05, 0.1) is 6.61 Å². The molecule has 0 fully saturated rings. The first-order valence-electron chi connectivity index (χ1n) is 6.68. The fourth-order valence-corrected chi connectivity index (χ4v) is 1.85. The Morgan fingerprint density at radius 2 is 0.938 bits per heavy atom. The summed E-state index contributed by atoms with van der Waals surface area (Å²) in [4.78, 5) is 68.8.